The van der Waals surface area contributed by atoms with Gasteiger partial charge in [0.15, 0.2) is 11.4 Å². The second kappa shape index (κ2) is 6.18. The maximum atomic E-state index is 5.90. The lowest BCUT2D eigenvalue weighted by molar-refractivity contribution is 0.0618. The molecule has 0 spiro atoms. The maximum Gasteiger partial charge on any atom is 0.186 e. The average Bonchev–Trinajstić information content (AvgIpc) is 2.97. The van der Waals surface area contributed by atoms with Crippen molar-refractivity contribution in [2.45, 2.75) is 19.6 Å². The van der Waals surface area contributed by atoms with Gasteiger partial charge in [0, 0.05) is 5.56 Å². The molecular weight excluding hydrogens is 308 g/mol. The molecule has 0 saturated heterocycles. The molecule has 2 aromatic carbocycles. The van der Waals surface area contributed by atoms with Crippen LogP contribution in [0.2, 0.25) is 0 Å². The Morgan fingerprint density at radius 2 is 2.22 bits per heavy atom. The molecule has 23 heavy (non-hydrogen) atoms. The summed E-state index contributed by atoms with van der Waals surface area (Å²) in [4.78, 5) is 4.65. The zero-order valence-corrected chi connectivity index (χ0v) is 13.7. The van der Waals surface area contributed by atoms with E-state index in [0.717, 1.165) is 34.1 Å². The topological polar surface area (TPSA) is 43.4 Å². The van der Waals surface area contributed by atoms with E-state index in [4.69, 9.17) is 9.47 Å². The van der Waals surface area contributed by atoms with Gasteiger partial charge in [0.1, 0.15) is 5.75 Å². The average molecular weight is 326 g/mol. The van der Waals surface area contributed by atoms with Crippen molar-refractivity contribution in [3.8, 4) is 5.75 Å². The number of nitrogens with zero attached hydrogens (tertiary/aromatic N) is 1. The van der Waals surface area contributed by atoms with Crippen LogP contribution in [0.15, 0.2) is 42.5 Å². The van der Waals surface area contributed by atoms with Crippen LogP contribution in [-0.4, -0.2) is 18.2 Å². The lowest BCUT2D eigenvalue weighted by Gasteiger charge is -2.26. The Bertz CT molecular complexity index is 831. The summed E-state index contributed by atoms with van der Waals surface area (Å²) in [5, 5.41) is 4.29. The van der Waals surface area contributed by atoms with E-state index in [-0.39, 0.29) is 6.23 Å². The molecule has 4 nitrogen and oxygen atoms in total. The van der Waals surface area contributed by atoms with Crippen molar-refractivity contribution >= 4 is 26.7 Å². The monoisotopic (exact) mass is 326 g/mol. The van der Waals surface area contributed by atoms with E-state index in [1.54, 1.807) is 11.3 Å². The van der Waals surface area contributed by atoms with Gasteiger partial charge in [-0.15, -0.1) is 0 Å². The van der Waals surface area contributed by atoms with Crippen molar-refractivity contribution < 1.29 is 9.47 Å². The summed E-state index contributed by atoms with van der Waals surface area (Å²) in [6, 6.07) is 14.4. The number of fused-ring (bicyclic) bond motifs is 2. The summed E-state index contributed by atoms with van der Waals surface area (Å²) in [5.41, 5.74) is 3.52. The fourth-order valence-corrected chi connectivity index (χ4v) is 3.76. The van der Waals surface area contributed by atoms with Gasteiger partial charge < -0.3 is 14.8 Å². The predicted octanol–water partition coefficient (Wildman–Crippen LogP) is 4.38. The first kappa shape index (κ1) is 14.5. The second-order valence-electron chi connectivity index (χ2n) is 5.43. The highest BCUT2D eigenvalue weighted by atomic mass is 32.1. The minimum absolute atomic E-state index is 0.133. The highest BCUT2D eigenvalue weighted by Gasteiger charge is 2.21. The first-order valence-electron chi connectivity index (χ1n) is 7.83. The van der Waals surface area contributed by atoms with Gasteiger partial charge in [0.2, 0.25) is 0 Å². The third-order valence-electron chi connectivity index (χ3n) is 3.92. The van der Waals surface area contributed by atoms with Crippen molar-refractivity contribution in [1.82, 2.24) is 4.98 Å². The number of ether oxygens (including phenoxy) is 2. The fourth-order valence-electron chi connectivity index (χ4n) is 2.85. The number of aromatic nitrogens is 1. The SMILES string of the molecule is CCOc1ccc2nc(NC3OCCc4ccccc43)sc2c1. The van der Waals surface area contributed by atoms with E-state index < -0.39 is 0 Å². The molecule has 1 aromatic heterocycles. The summed E-state index contributed by atoms with van der Waals surface area (Å²) < 4.78 is 12.6. The molecule has 0 amide bonds. The minimum Gasteiger partial charge on any atom is -0.494 e. The molecule has 0 bridgehead atoms. The van der Waals surface area contributed by atoms with Crippen LogP contribution in [0.3, 0.4) is 0 Å². The van der Waals surface area contributed by atoms with Crippen LogP contribution < -0.4 is 10.1 Å². The van der Waals surface area contributed by atoms with Crippen molar-refractivity contribution in [1.29, 1.82) is 0 Å². The summed E-state index contributed by atoms with van der Waals surface area (Å²) >= 11 is 1.62. The van der Waals surface area contributed by atoms with Gasteiger partial charge in [-0.3, -0.25) is 0 Å². The Labute approximate surface area is 139 Å². The van der Waals surface area contributed by atoms with Crippen LogP contribution >= 0.6 is 11.3 Å². The highest BCUT2D eigenvalue weighted by molar-refractivity contribution is 7.22. The van der Waals surface area contributed by atoms with E-state index in [0.29, 0.717) is 6.61 Å². The van der Waals surface area contributed by atoms with E-state index in [9.17, 15) is 0 Å². The van der Waals surface area contributed by atoms with Crippen molar-refractivity contribution in [3.05, 3.63) is 53.6 Å². The highest BCUT2D eigenvalue weighted by Crippen LogP contribution is 2.33. The van der Waals surface area contributed by atoms with Crippen LogP contribution in [0.25, 0.3) is 10.2 Å². The van der Waals surface area contributed by atoms with Gasteiger partial charge in [-0.2, -0.15) is 0 Å². The molecule has 1 aliphatic heterocycles. The number of benzene rings is 2. The van der Waals surface area contributed by atoms with E-state index in [1.807, 2.05) is 25.1 Å². The van der Waals surface area contributed by atoms with E-state index >= 15 is 0 Å². The lowest BCUT2D eigenvalue weighted by Crippen LogP contribution is -2.22. The molecule has 0 saturated carbocycles. The van der Waals surface area contributed by atoms with E-state index in [1.165, 1.54) is 11.1 Å². The first-order chi connectivity index (χ1) is 11.3. The van der Waals surface area contributed by atoms with Crippen LogP contribution in [0.5, 0.6) is 5.75 Å². The number of thiazole rings is 1. The smallest absolute Gasteiger partial charge is 0.186 e. The number of rotatable bonds is 4. The number of hydrogen-bond donors (Lipinski definition) is 1. The number of hydrogen-bond acceptors (Lipinski definition) is 5. The van der Waals surface area contributed by atoms with Crippen LogP contribution in [0.4, 0.5) is 5.13 Å². The Hall–Kier alpha value is -2.11. The summed E-state index contributed by atoms with van der Waals surface area (Å²) in [7, 11) is 0. The Morgan fingerprint density at radius 3 is 3.13 bits per heavy atom. The van der Waals surface area contributed by atoms with Gasteiger partial charge >= 0.3 is 0 Å². The molecule has 0 aliphatic carbocycles. The van der Waals surface area contributed by atoms with Gasteiger partial charge in [0.25, 0.3) is 0 Å². The molecule has 4 rings (SSSR count). The zero-order valence-electron chi connectivity index (χ0n) is 12.9. The largest absolute Gasteiger partial charge is 0.494 e. The molecule has 0 fully saturated rings. The zero-order chi connectivity index (χ0) is 15.6. The number of anilines is 1. The molecule has 5 heteroatoms. The molecule has 118 valence electrons. The molecule has 1 atom stereocenters. The Morgan fingerprint density at radius 1 is 1.30 bits per heavy atom. The molecule has 1 N–H and O–H groups in total. The number of nitrogens with one attached hydrogen (secondary N) is 1. The molecule has 1 aliphatic rings. The third-order valence-corrected chi connectivity index (χ3v) is 4.87. The normalized spacial score (nSPS) is 17.0. The third kappa shape index (κ3) is 2.90. The van der Waals surface area contributed by atoms with Gasteiger partial charge in [-0.05, 0) is 37.1 Å². The molecule has 3 aromatic rings. The van der Waals surface area contributed by atoms with Crippen molar-refractivity contribution in [2.75, 3.05) is 18.5 Å². The molecule has 2 heterocycles. The second-order valence-corrected chi connectivity index (χ2v) is 6.46. The van der Waals surface area contributed by atoms with Gasteiger partial charge in [-0.25, -0.2) is 4.98 Å². The summed E-state index contributed by atoms with van der Waals surface area (Å²) in [6.07, 6.45) is 0.832. The Kier molecular flexibility index (Phi) is 3.89. The fraction of sp³-hybridized carbons (Fsp3) is 0.278. The van der Waals surface area contributed by atoms with Gasteiger partial charge in [0.05, 0.1) is 23.4 Å². The molecular formula is C18H18N2O2S. The molecule has 0 radical (unpaired) electrons. The lowest BCUT2D eigenvalue weighted by atomic mass is 10.0. The predicted molar refractivity (Wildman–Crippen MR) is 93.3 cm³/mol. The first-order valence-corrected chi connectivity index (χ1v) is 8.64. The quantitative estimate of drug-likeness (QED) is 0.773. The Balaban J connectivity index is 1.61. The van der Waals surface area contributed by atoms with E-state index in [2.05, 4.69) is 34.6 Å². The minimum atomic E-state index is -0.133. The van der Waals surface area contributed by atoms with Crippen LogP contribution in [0, 0.1) is 0 Å². The van der Waals surface area contributed by atoms with Crippen LogP contribution in [0.1, 0.15) is 24.3 Å². The summed E-state index contributed by atoms with van der Waals surface area (Å²) in [6.45, 7) is 3.39. The summed E-state index contributed by atoms with van der Waals surface area (Å²) in [5.74, 6) is 0.884. The maximum absolute atomic E-state index is 5.90. The standard InChI is InChI=1S/C18H18N2O2S/c1-2-21-13-7-8-15-16(11-13)23-18(19-15)20-17-14-6-4-3-5-12(14)9-10-22-17/h3-8,11,17H,2,9-10H2,1H3,(H,19,20). The van der Waals surface area contributed by atoms with Gasteiger partial charge in [-0.1, -0.05) is 35.6 Å². The van der Waals surface area contributed by atoms with Crippen molar-refractivity contribution in [3.63, 3.8) is 0 Å². The van der Waals surface area contributed by atoms with Crippen molar-refractivity contribution in [2.24, 2.45) is 0 Å². The van der Waals surface area contributed by atoms with Crippen LogP contribution in [-0.2, 0) is 11.2 Å². The molecule has 1 unspecified atom stereocenters.